The van der Waals surface area contributed by atoms with Crippen molar-refractivity contribution < 1.29 is 33.3 Å². The summed E-state index contributed by atoms with van der Waals surface area (Å²) in [5.74, 6) is -1.45. The molecule has 1 aliphatic heterocycles. The van der Waals surface area contributed by atoms with Crippen molar-refractivity contribution in [1.82, 2.24) is 0 Å². The van der Waals surface area contributed by atoms with E-state index in [1.54, 1.807) is 18.2 Å². The number of halogens is 2. The highest BCUT2D eigenvalue weighted by Gasteiger charge is 2.49. The lowest BCUT2D eigenvalue weighted by Gasteiger charge is -2.40. The summed E-state index contributed by atoms with van der Waals surface area (Å²) >= 11 is 3.15. The van der Waals surface area contributed by atoms with Gasteiger partial charge in [0.05, 0.1) is 5.56 Å². The first-order chi connectivity index (χ1) is 10.9. The molecule has 0 bridgehead atoms. The maximum absolute atomic E-state index is 14.2. The molecule has 0 spiro atoms. The van der Waals surface area contributed by atoms with E-state index in [1.807, 2.05) is 0 Å². The molecule has 0 aromatic heterocycles. The van der Waals surface area contributed by atoms with Crippen LogP contribution in [0.1, 0.15) is 17.3 Å². The van der Waals surface area contributed by atoms with E-state index in [0.29, 0.717) is 0 Å². The van der Waals surface area contributed by atoms with Gasteiger partial charge in [-0.3, -0.25) is 4.79 Å². The third-order valence-corrected chi connectivity index (χ3v) is 3.94. The summed E-state index contributed by atoms with van der Waals surface area (Å²) in [7, 11) is 0. The quantitative estimate of drug-likeness (QED) is 0.620. The maximum Gasteiger partial charge on any atom is 0.338 e. The molecule has 0 amide bonds. The summed E-state index contributed by atoms with van der Waals surface area (Å²) in [5.41, 5.74) is 0.268. The predicted molar refractivity (Wildman–Crippen MR) is 80.8 cm³/mol. The summed E-state index contributed by atoms with van der Waals surface area (Å²) in [6, 6.07) is 8.12. The minimum Gasteiger partial charge on any atom is -0.455 e. The fraction of sp³-hybridized carbons (Fsp3) is 0.467. The highest BCUT2D eigenvalue weighted by atomic mass is 79.9. The predicted octanol–water partition coefficient (Wildman–Crippen LogP) is 1.59. The van der Waals surface area contributed by atoms with E-state index in [1.165, 1.54) is 12.1 Å². The number of carbonyl (C=O) groups is 2. The molecule has 8 heteroatoms. The van der Waals surface area contributed by atoms with Crippen molar-refractivity contribution >= 4 is 27.9 Å². The van der Waals surface area contributed by atoms with Crippen molar-refractivity contribution in [2.24, 2.45) is 0 Å². The number of hydrogen-bond donors (Lipinski definition) is 1. The smallest absolute Gasteiger partial charge is 0.338 e. The fourth-order valence-electron chi connectivity index (χ4n) is 2.24. The number of aliphatic hydroxyl groups excluding tert-OH is 1. The van der Waals surface area contributed by atoms with E-state index in [0.717, 1.165) is 6.92 Å². The lowest BCUT2D eigenvalue weighted by molar-refractivity contribution is -0.263. The molecule has 1 heterocycles. The van der Waals surface area contributed by atoms with Crippen LogP contribution in [0.15, 0.2) is 30.3 Å². The first kappa shape index (κ1) is 17.8. The van der Waals surface area contributed by atoms with Crippen molar-refractivity contribution in [3.05, 3.63) is 35.9 Å². The van der Waals surface area contributed by atoms with Gasteiger partial charge >= 0.3 is 11.9 Å². The van der Waals surface area contributed by atoms with E-state index in [9.17, 15) is 19.1 Å². The van der Waals surface area contributed by atoms with Gasteiger partial charge in [0, 0.05) is 12.3 Å². The summed E-state index contributed by atoms with van der Waals surface area (Å²) in [6.07, 6.45) is -7.30. The van der Waals surface area contributed by atoms with Crippen molar-refractivity contribution in [1.29, 1.82) is 0 Å². The van der Waals surface area contributed by atoms with Crippen molar-refractivity contribution in [2.75, 3.05) is 5.33 Å². The number of hydrogen-bond acceptors (Lipinski definition) is 6. The topological polar surface area (TPSA) is 82.1 Å². The van der Waals surface area contributed by atoms with Gasteiger partial charge in [0.25, 0.3) is 0 Å². The van der Waals surface area contributed by atoms with E-state index in [4.69, 9.17) is 14.2 Å². The highest BCUT2D eigenvalue weighted by Crippen LogP contribution is 2.29. The first-order valence-electron chi connectivity index (χ1n) is 6.91. The van der Waals surface area contributed by atoms with Gasteiger partial charge in [0.2, 0.25) is 0 Å². The van der Waals surface area contributed by atoms with Gasteiger partial charge in [0.1, 0.15) is 6.10 Å². The zero-order chi connectivity index (χ0) is 17.0. The molecule has 1 aromatic rings. The molecule has 0 unspecified atom stereocenters. The number of benzene rings is 1. The molecular formula is C15H16BrFO6. The Morgan fingerprint density at radius 3 is 2.48 bits per heavy atom. The van der Waals surface area contributed by atoms with Crippen LogP contribution >= 0.6 is 15.9 Å². The van der Waals surface area contributed by atoms with Crippen molar-refractivity contribution in [2.45, 2.75) is 37.7 Å². The molecule has 0 radical (unpaired) electrons. The summed E-state index contributed by atoms with van der Waals surface area (Å²) in [4.78, 5) is 23.4. The zero-order valence-corrected chi connectivity index (χ0v) is 13.8. The number of aliphatic hydroxyl groups is 1. The van der Waals surface area contributed by atoms with Crippen LogP contribution in [-0.4, -0.2) is 53.1 Å². The molecule has 23 heavy (non-hydrogen) atoms. The molecular weight excluding hydrogens is 375 g/mol. The normalized spacial score (nSPS) is 30.5. The minimum absolute atomic E-state index is 0.154. The summed E-state index contributed by atoms with van der Waals surface area (Å²) < 4.78 is 29.4. The Morgan fingerprint density at radius 1 is 1.26 bits per heavy atom. The van der Waals surface area contributed by atoms with Gasteiger partial charge < -0.3 is 19.3 Å². The molecule has 1 N–H and O–H groups in total. The monoisotopic (exact) mass is 390 g/mol. The van der Waals surface area contributed by atoms with Crippen LogP contribution in [0, 0.1) is 0 Å². The van der Waals surface area contributed by atoms with Crippen molar-refractivity contribution in [3.8, 4) is 0 Å². The van der Waals surface area contributed by atoms with Crippen LogP contribution in [0.4, 0.5) is 4.39 Å². The Morgan fingerprint density at radius 2 is 1.91 bits per heavy atom. The van der Waals surface area contributed by atoms with Gasteiger partial charge in [-0.1, -0.05) is 34.1 Å². The van der Waals surface area contributed by atoms with Crippen LogP contribution in [0.5, 0.6) is 0 Å². The number of esters is 2. The molecule has 2 rings (SSSR count). The molecule has 1 fully saturated rings. The van der Waals surface area contributed by atoms with E-state index >= 15 is 0 Å². The van der Waals surface area contributed by atoms with Crippen LogP contribution in [0.25, 0.3) is 0 Å². The molecule has 6 nitrogen and oxygen atoms in total. The average molecular weight is 391 g/mol. The van der Waals surface area contributed by atoms with E-state index < -0.39 is 42.7 Å². The molecule has 1 aromatic carbocycles. The molecule has 126 valence electrons. The Labute approximate surface area is 140 Å². The SMILES string of the molecule is CC(=O)O[C@H]1[C@@H](F)[C@@H](O)O[C@H](CBr)[C@H]1OC(=O)c1ccccc1. The van der Waals surface area contributed by atoms with Gasteiger partial charge in [-0.05, 0) is 12.1 Å². The molecule has 5 atom stereocenters. The van der Waals surface area contributed by atoms with E-state index in [2.05, 4.69) is 15.9 Å². The van der Waals surface area contributed by atoms with Crippen LogP contribution < -0.4 is 0 Å². The van der Waals surface area contributed by atoms with Gasteiger partial charge in [-0.25, -0.2) is 9.18 Å². The van der Waals surface area contributed by atoms with Crippen molar-refractivity contribution in [3.63, 3.8) is 0 Å². The van der Waals surface area contributed by atoms with Gasteiger partial charge in [0.15, 0.2) is 24.7 Å². The zero-order valence-electron chi connectivity index (χ0n) is 12.2. The number of ether oxygens (including phenoxy) is 3. The average Bonchev–Trinajstić information content (AvgIpc) is 2.54. The third kappa shape index (κ3) is 4.27. The van der Waals surface area contributed by atoms with Crippen LogP contribution in [0.3, 0.4) is 0 Å². The molecule has 0 aliphatic carbocycles. The number of carbonyl (C=O) groups excluding carboxylic acids is 2. The Bertz CT molecular complexity index is 554. The van der Waals surface area contributed by atoms with Gasteiger partial charge in [-0.15, -0.1) is 0 Å². The van der Waals surface area contributed by atoms with E-state index in [-0.39, 0.29) is 10.9 Å². The van der Waals surface area contributed by atoms with Crippen LogP contribution in [0.2, 0.25) is 0 Å². The second kappa shape index (κ2) is 7.85. The van der Waals surface area contributed by atoms with Gasteiger partial charge in [-0.2, -0.15) is 0 Å². The standard InChI is InChI=1S/C15H16BrFO6/c1-8(18)21-13-11(17)15(20)22-10(7-16)12(13)23-14(19)9-5-3-2-4-6-9/h2-6,10-13,15,20H,7H2,1H3/t10-,11-,12-,13+,15+/m1/s1. The Balaban J connectivity index is 2.22. The third-order valence-electron chi connectivity index (χ3n) is 3.30. The first-order valence-corrected chi connectivity index (χ1v) is 8.03. The Hall–Kier alpha value is -1.51. The molecule has 1 aliphatic rings. The fourth-order valence-corrected chi connectivity index (χ4v) is 2.76. The maximum atomic E-state index is 14.2. The van der Waals surface area contributed by atoms with Crippen LogP contribution in [-0.2, 0) is 19.0 Å². The summed E-state index contributed by atoms with van der Waals surface area (Å²) in [5, 5.41) is 9.74. The second-order valence-corrected chi connectivity index (χ2v) is 5.62. The highest BCUT2D eigenvalue weighted by molar-refractivity contribution is 9.09. The largest absolute Gasteiger partial charge is 0.455 e. The lowest BCUT2D eigenvalue weighted by atomic mass is 10.00. The lowest BCUT2D eigenvalue weighted by Crippen LogP contribution is -2.59. The molecule has 0 saturated carbocycles. The number of rotatable bonds is 4. The number of alkyl halides is 2. The summed E-state index contributed by atoms with van der Waals surface area (Å²) in [6.45, 7) is 1.10. The molecule has 1 saturated heterocycles. The second-order valence-electron chi connectivity index (χ2n) is 4.97. The minimum atomic E-state index is -2.03. The Kier molecular flexibility index (Phi) is 6.09.